The Hall–Kier alpha value is -3.18. The van der Waals surface area contributed by atoms with Crippen LogP contribution in [0, 0.1) is 0 Å². The van der Waals surface area contributed by atoms with Crippen LogP contribution in [0.4, 0.5) is 11.4 Å². The van der Waals surface area contributed by atoms with Crippen LogP contribution in [0.2, 0.25) is 0 Å². The average Bonchev–Trinajstić information content (AvgIpc) is 3.44. The summed E-state index contributed by atoms with van der Waals surface area (Å²) in [6.45, 7) is 7.66. The van der Waals surface area contributed by atoms with E-state index in [1.807, 2.05) is 32.0 Å². The van der Waals surface area contributed by atoms with Gasteiger partial charge in [-0.05, 0) is 54.6 Å². The maximum atomic E-state index is 13.0. The van der Waals surface area contributed by atoms with E-state index < -0.39 is 5.97 Å². The van der Waals surface area contributed by atoms with Gasteiger partial charge in [-0.2, -0.15) is 0 Å². The normalized spacial score (nSPS) is 14.2. The summed E-state index contributed by atoms with van der Waals surface area (Å²) in [5.41, 5.74) is 2.58. The van der Waals surface area contributed by atoms with Crippen LogP contribution in [-0.4, -0.2) is 71.8 Å². The Labute approximate surface area is 246 Å². The fourth-order valence-electron chi connectivity index (χ4n) is 4.82. The van der Waals surface area contributed by atoms with E-state index in [9.17, 15) is 9.59 Å². The molecular formula is C31H41N3O6S. The summed E-state index contributed by atoms with van der Waals surface area (Å²) >= 11 is 1.76. The number of fused-ring (bicyclic) bond motifs is 2. The third kappa shape index (κ3) is 8.65. The smallest absolute Gasteiger partial charge is 0.333 e. The van der Waals surface area contributed by atoms with Gasteiger partial charge in [-0.3, -0.25) is 9.69 Å². The van der Waals surface area contributed by atoms with Crippen LogP contribution in [0.5, 0.6) is 5.75 Å². The summed E-state index contributed by atoms with van der Waals surface area (Å²) < 4.78 is 22.8. The number of benzene rings is 2. The highest BCUT2D eigenvalue weighted by Gasteiger charge is 2.37. The summed E-state index contributed by atoms with van der Waals surface area (Å²) in [5, 5.41) is 10.4. The second-order valence-electron chi connectivity index (χ2n) is 10.6. The van der Waals surface area contributed by atoms with E-state index in [1.54, 1.807) is 18.4 Å². The predicted octanol–water partition coefficient (Wildman–Crippen LogP) is 4.94. The number of thiophene rings is 1. The number of unbranched alkanes of at least 4 members (excludes halogenated alkanes) is 1. The van der Waals surface area contributed by atoms with E-state index in [2.05, 4.69) is 40.3 Å². The molecule has 4 rings (SSSR count). The molecule has 0 bridgehead atoms. The minimum atomic E-state index is -0.531. The third-order valence-corrected chi connectivity index (χ3v) is 7.90. The highest BCUT2D eigenvalue weighted by molar-refractivity contribution is 7.17. The van der Waals surface area contributed by atoms with Crippen LogP contribution >= 0.6 is 11.3 Å². The number of hydrogen-bond donors (Lipinski definition) is 2. The molecule has 0 radical (unpaired) electrons. The van der Waals surface area contributed by atoms with Gasteiger partial charge >= 0.3 is 5.97 Å². The van der Waals surface area contributed by atoms with Gasteiger partial charge in [0.2, 0.25) is 5.91 Å². The molecule has 10 heteroatoms. The highest BCUT2D eigenvalue weighted by atomic mass is 32.1. The third-order valence-electron chi connectivity index (χ3n) is 7.02. The first kappa shape index (κ1) is 30.8. The van der Waals surface area contributed by atoms with Crippen molar-refractivity contribution in [3.63, 3.8) is 0 Å². The van der Waals surface area contributed by atoms with Gasteiger partial charge < -0.3 is 29.6 Å². The molecule has 0 saturated carbocycles. The maximum absolute atomic E-state index is 13.0. The van der Waals surface area contributed by atoms with Gasteiger partial charge in [0.05, 0.1) is 25.5 Å². The van der Waals surface area contributed by atoms with Crippen molar-refractivity contribution in [3.05, 3.63) is 53.4 Å². The van der Waals surface area contributed by atoms with Gasteiger partial charge in [0.25, 0.3) is 0 Å². The molecule has 9 nitrogen and oxygen atoms in total. The zero-order valence-corrected chi connectivity index (χ0v) is 25.0. The molecule has 1 amide bonds. The van der Waals surface area contributed by atoms with Crippen molar-refractivity contribution >= 4 is 44.7 Å². The minimum absolute atomic E-state index is 0.0969. The van der Waals surface area contributed by atoms with Crippen LogP contribution in [-0.2, 0) is 29.2 Å². The molecule has 0 spiro atoms. The predicted molar refractivity (Wildman–Crippen MR) is 163 cm³/mol. The van der Waals surface area contributed by atoms with Gasteiger partial charge in [-0.1, -0.05) is 26.0 Å². The fraction of sp³-hybridized carbons (Fsp3) is 0.484. The fourth-order valence-corrected chi connectivity index (χ4v) is 5.63. The minimum Gasteiger partial charge on any atom is -0.494 e. The topological polar surface area (TPSA) is 98.4 Å². The number of ether oxygens (including phenoxy) is 4. The van der Waals surface area contributed by atoms with Crippen LogP contribution < -0.4 is 20.3 Å². The lowest BCUT2D eigenvalue weighted by molar-refractivity contribution is -0.149. The number of carbonyl (C=O) groups excluding carboxylic acids is 2. The molecule has 2 aromatic carbocycles. The lowest BCUT2D eigenvalue weighted by atomic mass is 9.77. The molecule has 2 N–H and O–H groups in total. The number of nitrogens with zero attached hydrogens (tertiary/aromatic N) is 1. The zero-order chi connectivity index (χ0) is 29.1. The van der Waals surface area contributed by atoms with E-state index in [0.717, 1.165) is 38.0 Å². The van der Waals surface area contributed by atoms with Crippen molar-refractivity contribution in [3.8, 4) is 5.75 Å². The summed E-state index contributed by atoms with van der Waals surface area (Å²) in [6, 6.07) is 14.3. The number of amides is 1. The number of methoxy groups -OCH3 is 1. The molecule has 2 heterocycles. The van der Waals surface area contributed by atoms with Gasteiger partial charge in [-0.15, -0.1) is 11.3 Å². The Kier molecular flexibility index (Phi) is 11.4. The first-order chi connectivity index (χ1) is 19.9. The molecule has 0 unspecified atom stereocenters. The molecule has 3 aromatic rings. The molecule has 0 fully saturated rings. The Morgan fingerprint density at radius 1 is 1.05 bits per heavy atom. The maximum Gasteiger partial charge on any atom is 0.333 e. The standard InChI is InChI=1S/C31H41N3O6S/c1-31(2)20-29(35)34(22-40-30(36)21-38-17-16-37-3)27-19-23(9-10-25(27)31)39-15-5-4-12-32-13-14-33-26-7-6-8-28-24(26)11-18-41-28/h6-11,18-19,32-33H,4-5,12-17,20-22H2,1-3H3. The lowest BCUT2D eigenvalue weighted by Gasteiger charge is -2.38. The summed E-state index contributed by atoms with van der Waals surface area (Å²) in [5.74, 6) is 0.0606. The molecule has 1 aliphatic heterocycles. The summed E-state index contributed by atoms with van der Waals surface area (Å²) in [4.78, 5) is 26.6. The van der Waals surface area contributed by atoms with Crippen molar-refractivity contribution in [2.24, 2.45) is 0 Å². The lowest BCUT2D eigenvalue weighted by Crippen LogP contribution is -2.43. The Morgan fingerprint density at radius 2 is 1.93 bits per heavy atom. The molecule has 1 aliphatic rings. The number of anilines is 2. The van der Waals surface area contributed by atoms with E-state index in [4.69, 9.17) is 18.9 Å². The van der Waals surface area contributed by atoms with E-state index in [0.29, 0.717) is 37.7 Å². The quantitative estimate of drug-likeness (QED) is 0.170. The Bertz CT molecular complexity index is 1290. The molecular weight excluding hydrogens is 542 g/mol. The van der Waals surface area contributed by atoms with Crippen molar-refractivity contribution in [1.82, 2.24) is 5.32 Å². The zero-order valence-electron chi connectivity index (χ0n) is 24.2. The number of nitrogens with one attached hydrogen (secondary N) is 2. The first-order valence-corrected chi connectivity index (χ1v) is 15.0. The number of hydrogen-bond acceptors (Lipinski definition) is 9. The molecule has 1 aromatic heterocycles. The van der Waals surface area contributed by atoms with Crippen molar-refractivity contribution < 1.29 is 28.5 Å². The average molecular weight is 584 g/mol. The number of carbonyl (C=O) groups is 2. The first-order valence-electron chi connectivity index (χ1n) is 14.1. The highest BCUT2D eigenvalue weighted by Crippen LogP contribution is 2.42. The second-order valence-corrected chi connectivity index (χ2v) is 11.6. The van der Waals surface area contributed by atoms with Gasteiger partial charge in [0.15, 0.2) is 6.73 Å². The van der Waals surface area contributed by atoms with Crippen LogP contribution in [0.25, 0.3) is 10.1 Å². The molecule has 222 valence electrons. The SMILES string of the molecule is COCCOCC(=O)OCN1C(=O)CC(C)(C)c2ccc(OCCCCNCCNc3cccc4sccc34)cc21. The second kappa shape index (κ2) is 15.2. The molecule has 0 saturated heterocycles. The number of esters is 1. The summed E-state index contributed by atoms with van der Waals surface area (Å²) in [6.07, 6.45) is 2.22. The number of rotatable bonds is 17. The van der Waals surface area contributed by atoms with E-state index in [1.165, 1.54) is 20.7 Å². The largest absolute Gasteiger partial charge is 0.494 e. The van der Waals surface area contributed by atoms with Gasteiger partial charge in [0.1, 0.15) is 12.4 Å². The molecule has 41 heavy (non-hydrogen) atoms. The van der Waals surface area contributed by atoms with Gasteiger partial charge in [0, 0.05) is 53.9 Å². The molecule has 0 aliphatic carbocycles. The van der Waals surface area contributed by atoms with E-state index >= 15 is 0 Å². The van der Waals surface area contributed by atoms with Crippen molar-refractivity contribution in [2.45, 2.75) is 38.5 Å². The summed E-state index contributed by atoms with van der Waals surface area (Å²) in [7, 11) is 1.56. The Balaban J connectivity index is 1.19. The Morgan fingerprint density at radius 3 is 2.78 bits per heavy atom. The van der Waals surface area contributed by atoms with E-state index in [-0.39, 0.29) is 24.7 Å². The molecule has 0 atom stereocenters. The van der Waals surface area contributed by atoms with Crippen LogP contribution in [0.15, 0.2) is 47.8 Å². The monoisotopic (exact) mass is 583 g/mol. The van der Waals surface area contributed by atoms with Gasteiger partial charge in [-0.25, -0.2) is 4.79 Å². The van der Waals surface area contributed by atoms with Crippen molar-refractivity contribution in [1.29, 1.82) is 0 Å². The van der Waals surface area contributed by atoms with Crippen LogP contribution in [0.3, 0.4) is 0 Å². The van der Waals surface area contributed by atoms with Crippen LogP contribution in [0.1, 0.15) is 38.7 Å². The van der Waals surface area contributed by atoms with Crippen molar-refractivity contribution in [2.75, 3.05) is 70.1 Å².